The van der Waals surface area contributed by atoms with Crippen molar-refractivity contribution < 1.29 is 5.11 Å². The number of aliphatic hydroxyl groups excluding tert-OH is 1. The summed E-state index contributed by atoms with van der Waals surface area (Å²) < 4.78 is 0. The third-order valence-electron chi connectivity index (χ3n) is 4.11. The zero-order valence-electron chi connectivity index (χ0n) is 9.97. The Morgan fingerprint density at radius 3 is 3.00 bits per heavy atom. The second-order valence-corrected chi connectivity index (χ2v) is 5.20. The molecule has 2 heteroatoms. The third-order valence-corrected chi connectivity index (χ3v) is 4.11. The van der Waals surface area contributed by atoms with Crippen LogP contribution in [0, 0.1) is 11.8 Å². The molecule has 1 fully saturated rings. The Balaban J connectivity index is 1.55. The van der Waals surface area contributed by atoms with Crippen molar-refractivity contribution in [2.45, 2.75) is 32.0 Å². The minimum Gasteiger partial charge on any atom is -0.392 e. The molecular weight excluding hydrogens is 210 g/mol. The highest BCUT2D eigenvalue weighted by Gasteiger charge is 2.40. The monoisotopic (exact) mass is 229 g/mol. The molecule has 90 valence electrons. The molecule has 2 aliphatic carbocycles. The summed E-state index contributed by atoms with van der Waals surface area (Å²) in [5.74, 6) is 1.69. The van der Waals surface area contributed by atoms with E-state index in [0.29, 0.717) is 6.04 Å². The number of hydrogen-bond donors (Lipinski definition) is 2. The predicted molar refractivity (Wildman–Crippen MR) is 68.3 cm³/mol. The summed E-state index contributed by atoms with van der Waals surface area (Å²) in [6.45, 7) is 1.04. The van der Waals surface area contributed by atoms with Crippen LogP contribution in [0.1, 0.15) is 24.0 Å². The topological polar surface area (TPSA) is 32.3 Å². The van der Waals surface area contributed by atoms with Crippen LogP contribution in [-0.2, 0) is 13.2 Å². The molecule has 0 amide bonds. The van der Waals surface area contributed by atoms with Gasteiger partial charge in [-0.1, -0.05) is 36.4 Å². The Morgan fingerprint density at radius 2 is 2.18 bits per heavy atom. The maximum absolute atomic E-state index is 9.09. The first-order valence-corrected chi connectivity index (χ1v) is 6.45. The van der Waals surface area contributed by atoms with Crippen LogP contribution in [0.15, 0.2) is 36.4 Å². The smallest absolute Gasteiger partial charge is 0.0681 e. The molecule has 0 aromatic heterocycles. The molecule has 2 N–H and O–H groups in total. The number of fused-ring (bicyclic) bond motifs is 1. The van der Waals surface area contributed by atoms with Crippen LogP contribution in [0.2, 0.25) is 0 Å². The molecule has 1 saturated carbocycles. The molecule has 0 aliphatic heterocycles. The van der Waals surface area contributed by atoms with Crippen molar-refractivity contribution in [2.24, 2.45) is 11.8 Å². The van der Waals surface area contributed by atoms with Crippen molar-refractivity contribution >= 4 is 0 Å². The van der Waals surface area contributed by atoms with Crippen LogP contribution >= 0.6 is 0 Å². The predicted octanol–water partition coefficient (Wildman–Crippen LogP) is 2.23. The Morgan fingerprint density at radius 1 is 1.29 bits per heavy atom. The standard InChI is InChI=1S/C15H19NO/c17-10-12-4-1-3-11(7-12)9-16-15-8-13-5-2-6-14(13)15/h1-4,6-7,13-17H,5,8-10H2. The number of hydrogen-bond acceptors (Lipinski definition) is 2. The minimum absolute atomic E-state index is 0.130. The largest absolute Gasteiger partial charge is 0.392 e. The van der Waals surface area contributed by atoms with E-state index in [1.807, 2.05) is 12.1 Å². The van der Waals surface area contributed by atoms with Gasteiger partial charge < -0.3 is 10.4 Å². The van der Waals surface area contributed by atoms with E-state index in [9.17, 15) is 0 Å². The van der Waals surface area contributed by atoms with Crippen LogP contribution in [0.3, 0.4) is 0 Å². The lowest BCUT2D eigenvalue weighted by Gasteiger charge is -2.40. The van der Waals surface area contributed by atoms with E-state index in [2.05, 4.69) is 29.6 Å². The normalized spacial score (nSPS) is 30.1. The second kappa shape index (κ2) is 4.63. The number of rotatable bonds is 4. The van der Waals surface area contributed by atoms with E-state index < -0.39 is 0 Å². The molecule has 17 heavy (non-hydrogen) atoms. The summed E-state index contributed by atoms with van der Waals surface area (Å²) in [6.07, 6.45) is 7.29. The first-order valence-electron chi connectivity index (χ1n) is 6.45. The number of nitrogens with one attached hydrogen (secondary N) is 1. The lowest BCUT2D eigenvalue weighted by atomic mass is 9.71. The highest BCUT2D eigenvalue weighted by Crippen LogP contribution is 2.42. The first-order chi connectivity index (χ1) is 8.36. The van der Waals surface area contributed by atoms with Gasteiger partial charge in [-0.15, -0.1) is 0 Å². The fourth-order valence-corrected chi connectivity index (χ4v) is 3.03. The van der Waals surface area contributed by atoms with Crippen molar-refractivity contribution in [3.8, 4) is 0 Å². The maximum Gasteiger partial charge on any atom is 0.0681 e. The van der Waals surface area contributed by atoms with Gasteiger partial charge in [-0.25, -0.2) is 0 Å². The van der Waals surface area contributed by atoms with Gasteiger partial charge in [0.1, 0.15) is 0 Å². The molecule has 3 rings (SSSR count). The Bertz CT molecular complexity index is 427. The van der Waals surface area contributed by atoms with Gasteiger partial charge in [-0.05, 0) is 35.8 Å². The van der Waals surface area contributed by atoms with E-state index in [-0.39, 0.29) is 6.61 Å². The zero-order valence-corrected chi connectivity index (χ0v) is 9.97. The van der Waals surface area contributed by atoms with Gasteiger partial charge in [0.15, 0.2) is 0 Å². The zero-order chi connectivity index (χ0) is 11.7. The first kappa shape index (κ1) is 11.0. The van der Waals surface area contributed by atoms with Crippen molar-refractivity contribution in [2.75, 3.05) is 0 Å². The molecule has 2 aliphatic rings. The molecule has 0 spiro atoms. The fourth-order valence-electron chi connectivity index (χ4n) is 3.03. The summed E-state index contributed by atoms with van der Waals surface area (Å²) in [5, 5.41) is 12.7. The van der Waals surface area contributed by atoms with Gasteiger partial charge in [0.05, 0.1) is 6.61 Å². The molecule has 0 saturated heterocycles. The van der Waals surface area contributed by atoms with Gasteiger partial charge in [0.2, 0.25) is 0 Å². The van der Waals surface area contributed by atoms with E-state index >= 15 is 0 Å². The van der Waals surface area contributed by atoms with Crippen LogP contribution in [0.4, 0.5) is 0 Å². The van der Waals surface area contributed by atoms with Crippen molar-refractivity contribution in [3.63, 3.8) is 0 Å². The average Bonchev–Trinajstić information content (AvgIpc) is 2.72. The summed E-state index contributed by atoms with van der Waals surface area (Å²) in [4.78, 5) is 0. The Labute approximate surface area is 102 Å². The molecule has 2 nitrogen and oxygen atoms in total. The SMILES string of the molecule is OCc1cccc(CNC2CC3CC=CC32)c1. The van der Waals surface area contributed by atoms with Gasteiger partial charge in [-0.2, -0.15) is 0 Å². The molecule has 1 aromatic carbocycles. The van der Waals surface area contributed by atoms with E-state index in [0.717, 1.165) is 23.9 Å². The Kier molecular flexibility index (Phi) is 3.00. The average molecular weight is 229 g/mol. The fraction of sp³-hybridized carbons (Fsp3) is 0.467. The molecule has 0 heterocycles. The lowest BCUT2D eigenvalue weighted by Crippen LogP contribution is -2.47. The van der Waals surface area contributed by atoms with Gasteiger partial charge in [0, 0.05) is 12.6 Å². The van der Waals surface area contributed by atoms with Crippen LogP contribution < -0.4 is 5.32 Å². The number of allylic oxidation sites excluding steroid dienone is 1. The summed E-state index contributed by atoms with van der Waals surface area (Å²) in [5.41, 5.74) is 2.26. The molecule has 0 radical (unpaired) electrons. The quantitative estimate of drug-likeness (QED) is 0.776. The van der Waals surface area contributed by atoms with Crippen LogP contribution in [-0.4, -0.2) is 11.1 Å². The lowest BCUT2D eigenvalue weighted by molar-refractivity contribution is 0.162. The highest BCUT2D eigenvalue weighted by atomic mass is 16.3. The number of benzene rings is 1. The molecule has 0 bridgehead atoms. The van der Waals surface area contributed by atoms with Crippen molar-refractivity contribution in [1.29, 1.82) is 0 Å². The molecular formula is C15H19NO. The summed E-state index contributed by atoms with van der Waals surface area (Å²) >= 11 is 0. The van der Waals surface area contributed by atoms with Gasteiger partial charge >= 0.3 is 0 Å². The van der Waals surface area contributed by atoms with Crippen molar-refractivity contribution in [1.82, 2.24) is 5.32 Å². The summed E-state index contributed by atoms with van der Waals surface area (Å²) in [7, 11) is 0. The second-order valence-electron chi connectivity index (χ2n) is 5.20. The van der Waals surface area contributed by atoms with Crippen LogP contribution in [0.5, 0.6) is 0 Å². The molecule has 1 aromatic rings. The molecule has 3 atom stereocenters. The van der Waals surface area contributed by atoms with E-state index in [1.165, 1.54) is 18.4 Å². The third kappa shape index (κ3) is 2.15. The number of aliphatic hydroxyl groups is 1. The minimum atomic E-state index is 0.130. The molecule has 3 unspecified atom stereocenters. The highest BCUT2D eigenvalue weighted by molar-refractivity contribution is 5.23. The van der Waals surface area contributed by atoms with E-state index in [4.69, 9.17) is 5.11 Å². The van der Waals surface area contributed by atoms with E-state index in [1.54, 1.807) is 0 Å². The Hall–Kier alpha value is -1.12. The van der Waals surface area contributed by atoms with Crippen molar-refractivity contribution in [3.05, 3.63) is 47.5 Å². The summed E-state index contributed by atoms with van der Waals surface area (Å²) in [6, 6.07) is 8.83. The van der Waals surface area contributed by atoms with Crippen LogP contribution in [0.25, 0.3) is 0 Å². The maximum atomic E-state index is 9.09. The van der Waals surface area contributed by atoms with Gasteiger partial charge in [-0.3, -0.25) is 0 Å². The van der Waals surface area contributed by atoms with Gasteiger partial charge in [0.25, 0.3) is 0 Å².